The van der Waals surface area contributed by atoms with Gasteiger partial charge in [0.1, 0.15) is 18.2 Å². The van der Waals surface area contributed by atoms with Crippen LogP contribution in [0.5, 0.6) is 5.75 Å². The number of piperazine rings is 1. The molecule has 1 aromatic carbocycles. The number of carboxylic acid groups (broad SMARTS) is 2. The standard InChI is InChI=1S/C16H23FN2O3.C4H4O4/c1-4-21-14-5-6-15(17)13(7-14)10-22-16(20)19-11(2)8-18-9-12(19)3;5-3(6)1-2-4(7)8/h5-7,11-12,18H,4,8-10H2,1-3H3;1-2H,(H,5,6)(H,7,8)/t11-,12+;. The topological polar surface area (TPSA) is 125 Å². The number of hydrogen-bond acceptors (Lipinski definition) is 6. The number of amides is 1. The Morgan fingerprint density at radius 1 is 1.17 bits per heavy atom. The first-order chi connectivity index (χ1) is 14.1. The molecule has 0 aromatic heterocycles. The Morgan fingerprint density at radius 2 is 1.73 bits per heavy atom. The van der Waals surface area contributed by atoms with Gasteiger partial charge in [0.05, 0.1) is 6.61 Å². The molecule has 0 aliphatic carbocycles. The molecule has 1 fully saturated rings. The Balaban J connectivity index is 0.000000479. The highest BCUT2D eigenvalue weighted by atomic mass is 19.1. The van der Waals surface area contributed by atoms with Crippen LogP contribution in [-0.2, 0) is 20.9 Å². The molecule has 166 valence electrons. The number of benzene rings is 1. The number of carboxylic acids is 2. The quantitative estimate of drug-likeness (QED) is 0.592. The van der Waals surface area contributed by atoms with Gasteiger partial charge < -0.3 is 29.9 Å². The monoisotopic (exact) mass is 426 g/mol. The van der Waals surface area contributed by atoms with Gasteiger partial charge in [-0.1, -0.05) is 0 Å². The summed E-state index contributed by atoms with van der Waals surface area (Å²) in [4.78, 5) is 33.0. The zero-order chi connectivity index (χ0) is 22.7. The van der Waals surface area contributed by atoms with Crippen molar-refractivity contribution in [2.24, 2.45) is 0 Å². The lowest BCUT2D eigenvalue weighted by Crippen LogP contribution is -2.57. The number of carbonyl (C=O) groups is 3. The average molecular weight is 426 g/mol. The third-order valence-corrected chi connectivity index (χ3v) is 4.09. The van der Waals surface area contributed by atoms with Gasteiger partial charge in [-0.15, -0.1) is 0 Å². The Morgan fingerprint density at radius 3 is 2.23 bits per heavy atom. The van der Waals surface area contributed by atoms with Crippen LogP contribution in [0, 0.1) is 5.82 Å². The Bertz CT molecular complexity index is 744. The number of nitrogens with zero attached hydrogens (tertiary/aromatic N) is 1. The number of ether oxygens (including phenoxy) is 2. The third-order valence-electron chi connectivity index (χ3n) is 4.09. The second-order valence-electron chi connectivity index (χ2n) is 6.51. The van der Waals surface area contributed by atoms with Gasteiger partial charge in [0.15, 0.2) is 0 Å². The summed E-state index contributed by atoms with van der Waals surface area (Å²) in [5.41, 5.74) is 0.315. The van der Waals surface area contributed by atoms with E-state index in [1.165, 1.54) is 6.07 Å². The summed E-state index contributed by atoms with van der Waals surface area (Å²) in [5, 5.41) is 18.9. The fraction of sp³-hybridized carbons (Fsp3) is 0.450. The molecule has 10 heteroatoms. The van der Waals surface area contributed by atoms with Gasteiger partial charge in [0.25, 0.3) is 0 Å². The molecule has 2 rings (SSSR count). The van der Waals surface area contributed by atoms with Gasteiger partial charge in [-0.05, 0) is 39.0 Å². The van der Waals surface area contributed by atoms with Crippen LogP contribution in [-0.4, -0.2) is 64.9 Å². The van der Waals surface area contributed by atoms with E-state index in [4.69, 9.17) is 19.7 Å². The lowest BCUT2D eigenvalue weighted by molar-refractivity contribution is -0.134. The molecule has 0 spiro atoms. The maximum Gasteiger partial charge on any atom is 0.410 e. The first-order valence-electron chi connectivity index (χ1n) is 9.36. The highest BCUT2D eigenvalue weighted by Gasteiger charge is 2.30. The van der Waals surface area contributed by atoms with Crippen LogP contribution in [0.3, 0.4) is 0 Å². The van der Waals surface area contributed by atoms with Crippen molar-refractivity contribution in [3.63, 3.8) is 0 Å². The van der Waals surface area contributed by atoms with Gasteiger partial charge >= 0.3 is 18.0 Å². The predicted molar refractivity (Wildman–Crippen MR) is 106 cm³/mol. The van der Waals surface area contributed by atoms with Crippen LogP contribution in [0.25, 0.3) is 0 Å². The lowest BCUT2D eigenvalue weighted by atomic mass is 10.1. The fourth-order valence-electron chi connectivity index (χ4n) is 2.77. The molecule has 1 heterocycles. The highest BCUT2D eigenvalue weighted by molar-refractivity contribution is 5.89. The van der Waals surface area contributed by atoms with Crippen molar-refractivity contribution in [3.05, 3.63) is 41.7 Å². The molecule has 0 unspecified atom stereocenters. The van der Waals surface area contributed by atoms with Crippen LogP contribution < -0.4 is 10.1 Å². The van der Waals surface area contributed by atoms with Gasteiger partial charge in [0, 0.05) is 42.9 Å². The molecular weight excluding hydrogens is 399 g/mol. The van der Waals surface area contributed by atoms with Crippen molar-refractivity contribution in [2.45, 2.75) is 39.5 Å². The first-order valence-corrected chi connectivity index (χ1v) is 9.36. The van der Waals surface area contributed by atoms with E-state index in [9.17, 15) is 18.8 Å². The molecule has 1 amide bonds. The smallest absolute Gasteiger partial charge is 0.410 e. The number of aliphatic carboxylic acids is 2. The van der Waals surface area contributed by atoms with E-state index in [1.54, 1.807) is 17.0 Å². The van der Waals surface area contributed by atoms with Crippen molar-refractivity contribution < 1.29 is 38.5 Å². The average Bonchev–Trinajstić information content (AvgIpc) is 2.67. The number of hydrogen-bond donors (Lipinski definition) is 3. The molecule has 1 aliphatic heterocycles. The Labute approximate surface area is 174 Å². The van der Waals surface area contributed by atoms with Crippen LogP contribution in [0.1, 0.15) is 26.3 Å². The Kier molecular flexibility index (Phi) is 10.3. The first kappa shape index (κ1) is 24.9. The highest BCUT2D eigenvalue weighted by Crippen LogP contribution is 2.19. The van der Waals surface area contributed by atoms with E-state index >= 15 is 0 Å². The molecule has 1 saturated heterocycles. The van der Waals surface area contributed by atoms with Crippen LogP contribution >= 0.6 is 0 Å². The number of carbonyl (C=O) groups excluding carboxylic acids is 1. The molecule has 0 saturated carbocycles. The SMILES string of the molecule is CCOc1ccc(F)c(COC(=O)N2[C@H](C)CNC[C@@H]2C)c1.O=C(O)C=CC(=O)O. The summed E-state index contributed by atoms with van der Waals surface area (Å²) < 4.78 is 24.4. The van der Waals surface area contributed by atoms with Crippen molar-refractivity contribution in [3.8, 4) is 5.75 Å². The largest absolute Gasteiger partial charge is 0.494 e. The number of nitrogens with one attached hydrogen (secondary N) is 1. The molecule has 1 aromatic rings. The number of halogens is 1. The summed E-state index contributed by atoms with van der Waals surface area (Å²) in [5.74, 6) is -2.35. The van der Waals surface area contributed by atoms with Crippen molar-refractivity contribution >= 4 is 18.0 Å². The number of rotatable bonds is 6. The predicted octanol–water partition coefficient (Wildman–Crippen LogP) is 2.25. The van der Waals surface area contributed by atoms with Gasteiger partial charge in [0.2, 0.25) is 0 Å². The van der Waals surface area contributed by atoms with Crippen molar-refractivity contribution in [2.75, 3.05) is 19.7 Å². The van der Waals surface area contributed by atoms with E-state index in [1.807, 2.05) is 20.8 Å². The van der Waals surface area contributed by atoms with Crippen LogP contribution in [0.2, 0.25) is 0 Å². The van der Waals surface area contributed by atoms with E-state index in [0.717, 1.165) is 13.1 Å². The van der Waals surface area contributed by atoms with E-state index in [0.29, 0.717) is 30.1 Å². The maximum atomic E-state index is 13.8. The normalized spacial score (nSPS) is 18.3. The fourth-order valence-corrected chi connectivity index (χ4v) is 2.77. The second kappa shape index (κ2) is 12.4. The van der Waals surface area contributed by atoms with Crippen molar-refractivity contribution in [1.29, 1.82) is 0 Å². The molecule has 0 bridgehead atoms. The summed E-state index contributed by atoms with van der Waals surface area (Å²) in [6.45, 7) is 7.63. The summed E-state index contributed by atoms with van der Waals surface area (Å²) >= 11 is 0. The molecular formula is C20H27FN2O7. The van der Waals surface area contributed by atoms with E-state index < -0.39 is 23.8 Å². The minimum Gasteiger partial charge on any atom is -0.494 e. The molecule has 2 atom stereocenters. The lowest BCUT2D eigenvalue weighted by Gasteiger charge is -2.38. The summed E-state index contributed by atoms with van der Waals surface area (Å²) in [7, 11) is 0. The summed E-state index contributed by atoms with van der Waals surface area (Å²) in [6, 6.07) is 4.55. The van der Waals surface area contributed by atoms with Crippen molar-refractivity contribution in [1.82, 2.24) is 10.2 Å². The van der Waals surface area contributed by atoms with Gasteiger partial charge in [-0.3, -0.25) is 0 Å². The minimum absolute atomic E-state index is 0.0517. The van der Waals surface area contributed by atoms with E-state index in [-0.39, 0.29) is 18.7 Å². The van der Waals surface area contributed by atoms with Crippen LogP contribution in [0.4, 0.5) is 9.18 Å². The molecule has 1 aliphatic rings. The zero-order valence-electron chi connectivity index (χ0n) is 17.1. The molecule has 9 nitrogen and oxygen atoms in total. The Hall–Kier alpha value is -3.14. The van der Waals surface area contributed by atoms with Gasteiger partial charge in [-0.25, -0.2) is 18.8 Å². The third kappa shape index (κ3) is 8.48. The zero-order valence-corrected chi connectivity index (χ0v) is 17.1. The summed E-state index contributed by atoms with van der Waals surface area (Å²) in [6.07, 6.45) is 0.702. The van der Waals surface area contributed by atoms with Gasteiger partial charge in [-0.2, -0.15) is 0 Å². The van der Waals surface area contributed by atoms with E-state index in [2.05, 4.69) is 5.32 Å². The van der Waals surface area contributed by atoms with Crippen LogP contribution in [0.15, 0.2) is 30.4 Å². The molecule has 0 radical (unpaired) electrons. The maximum absolute atomic E-state index is 13.8. The second-order valence-corrected chi connectivity index (χ2v) is 6.51. The minimum atomic E-state index is -1.26. The molecule has 30 heavy (non-hydrogen) atoms. The molecule has 3 N–H and O–H groups in total.